The van der Waals surface area contributed by atoms with Gasteiger partial charge in [-0.05, 0) is 32.4 Å². The number of halogens is 2. The number of aldehydes is 1. The third-order valence-electron chi connectivity index (χ3n) is 4.11. The number of rotatable bonds is 11. The molecule has 0 heterocycles. The van der Waals surface area contributed by atoms with Crippen molar-refractivity contribution in [2.75, 3.05) is 6.61 Å². The molecule has 0 aromatic heterocycles. The first-order chi connectivity index (χ1) is 12.7. The van der Waals surface area contributed by atoms with Crippen LogP contribution in [0.4, 0.5) is 0 Å². The summed E-state index contributed by atoms with van der Waals surface area (Å²) >= 11 is 11.8. The SMILES string of the molecule is CCCCCCCCOC(=O)C(C)(C)C(=O)Oc1c(Cl)cc(Cl)cc1C=O. The van der Waals surface area contributed by atoms with E-state index in [2.05, 4.69) is 6.92 Å². The zero-order valence-electron chi connectivity index (χ0n) is 16.0. The Morgan fingerprint density at radius 2 is 1.67 bits per heavy atom. The molecule has 0 aliphatic heterocycles. The van der Waals surface area contributed by atoms with E-state index in [1.165, 1.54) is 45.2 Å². The molecule has 7 heteroatoms. The molecule has 1 rings (SSSR count). The number of unbranched alkanes of at least 4 members (excludes halogenated alkanes) is 5. The van der Waals surface area contributed by atoms with Gasteiger partial charge in [-0.2, -0.15) is 0 Å². The van der Waals surface area contributed by atoms with Gasteiger partial charge in [-0.3, -0.25) is 14.4 Å². The number of carbonyl (C=O) groups excluding carboxylic acids is 3. The molecular weight excluding hydrogens is 391 g/mol. The van der Waals surface area contributed by atoms with E-state index in [4.69, 9.17) is 32.7 Å². The molecule has 27 heavy (non-hydrogen) atoms. The standard InChI is InChI=1S/C20H26Cl2O5/c1-4-5-6-7-8-9-10-26-18(24)20(2,3)19(25)27-17-14(13-23)11-15(21)12-16(17)22/h11-13H,4-10H2,1-3H3. The number of ether oxygens (including phenoxy) is 2. The van der Waals surface area contributed by atoms with E-state index in [1.807, 2.05) is 0 Å². The lowest BCUT2D eigenvalue weighted by Crippen LogP contribution is -2.38. The maximum Gasteiger partial charge on any atom is 0.328 e. The smallest absolute Gasteiger partial charge is 0.328 e. The van der Waals surface area contributed by atoms with Crippen LogP contribution in [0.1, 0.15) is 69.7 Å². The molecule has 0 aliphatic rings. The largest absolute Gasteiger partial charge is 0.465 e. The van der Waals surface area contributed by atoms with Gasteiger partial charge in [0.1, 0.15) is 0 Å². The van der Waals surface area contributed by atoms with Gasteiger partial charge in [0.25, 0.3) is 0 Å². The Morgan fingerprint density at radius 1 is 1.04 bits per heavy atom. The molecule has 5 nitrogen and oxygen atoms in total. The van der Waals surface area contributed by atoms with E-state index in [0.717, 1.165) is 19.3 Å². The van der Waals surface area contributed by atoms with Crippen molar-refractivity contribution >= 4 is 41.4 Å². The van der Waals surface area contributed by atoms with Crippen LogP contribution in [-0.4, -0.2) is 24.8 Å². The predicted octanol–water partition coefficient (Wildman–Crippen LogP) is 5.64. The van der Waals surface area contributed by atoms with Crippen LogP contribution in [0.3, 0.4) is 0 Å². The van der Waals surface area contributed by atoms with Gasteiger partial charge in [0.05, 0.1) is 17.2 Å². The van der Waals surface area contributed by atoms with Crippen LogP contribution in [0.5, 0.6) is 5.75 Å². The Morgan fingerprint density at radius 3 is 2.30 bits per heavy atom. The second kappa shape index (κ2) is 11.3. The van der Waals surface area contributed by atoms with Gasteiger partial charge in [-0.1, -0.05) is 62.2 Å². The monoisotopic (exact) mass is 416 g/mol. The van der Waals surface area contributed by atoms with Crippen LogP contribution in [0, 0.1) is 5.41 Å². The van der Waals surface area contributed by atoms with Crippen LogP contribution < -0.4 is 4.74 Å². The van der Waals surface area contributed by atoms with Crippen molar-refractivity contribution in [3.8, 4) is 5.75 Å². The molecule has 0 saturated carbocycles. The number of hydrogen-bond donors (Lipinski definition) is 0. The minimum atomic E-state index is -1.54. The number of hydrogen-bond acceptors (Lipinski definition) is 5. The van der Waals surface area contributed by atoms with Crippen LogP contribution in [-0.2, 0) is 14.3 Å². The van der Waals surface area contributed by atoms with Gasteiger partial charge >= 0.3 is 11.9 Å². The van der Waals surface area contributed by atoms with Gasteiger partial charge in [-0.25, -0.2) is 0 Å². The van der Waals surface area contributed by atoms with E-state index >= 15 is 0 Å². The molecule has 0 saturated heterocycles. The third-order valence-corrected chi connectivity index (χ3v) is 4.61. The van der Waals surface area contributed by atoms with Gasteiger partial charge in [0, 0.05) is 5.02 Å². The molecular formula is C20H26Cl2O5. The summed E-state index contributed by atoms with van der Waals surface area (Å²) < 4.78 is 10.4. The minimum Gasteiger partial charge on any atom is -0.465 e. The van der Waals surface area contributed by atoms with Crippen LogP contribution in [0.15, 0.2) is 12.1 Å². The molecule has 150 valence electrons. The fourth-order valence-corrected chi connectivity index (χ4v) is 2.85. The second-order valence-corrected chi connectivity index (χ2v) is 7.69. The zero-order chi connectivity index (χ0) is 20.4. The fraction of sp³-hybridized carbons (Fsp3) is 0.550. The highest BCUT2D eigenvalue weighted by molar-refractivity contribution is 6.36. The number of benzene rings is 1. The topological polar surface area (TPSA) is 69.7 Å². The minimum absolute atomic E-state index is 0.00852. The summed E-state index contributed by atoms with van der Waals surface area (Å²) in [4.78, 5) is 35.9. The van der Waals surface area contributed by atoms with Crippen LogP contribution in [0.25, 0.3) is 0 Å². The molecule has 0 N–H and O–H groups in total. The predicted molar refractivity (Wildman–Crippen MR) is 106 cm³/mol. The normalized spacial score (nSPS) is 11.1. The summed E-state index contributed by atoms with van der Waals surface area (Å²) in [6.07, 6.45) is 6.84. The molecule has 0 spiro atoms. The second-order valence-electron chi connectivity index (χ2n) is 6.84. The summed E-state index contributed by atoms with van der Waals surface area (Å²) in [6.45, 7) is 5.22. The molecule has 0 amide bonds. The Labute approximate surface area is 170 Å². The lowest BCUT2D eigenvalue weighted by atomic mass is 9.94. The fourth-order valence-electron chi connectivity index (χ4n) is 2.31. The van der Waals surface area contributed by atoms with Crippen molar-refractivity contribution in [3.63, 3.8) is 0 Å². The van der Waals surface area contributed by atoms with Crippen LogP contribution in [0.2, 0.25) is 10.0 Å². The molecule has 1 aromatic rings. The molecule has 0 fully saturated rings. The summed E-state index contributed by atoms with van der Waals surface area (Å²) in [5, 5.41) is 0.244. The summed E-state index contributed by atoms with van der Waals surface area (Å²) in [6, 6.07) is 2.68. The van der Waals surface area contributed by atoms with Crippen molar-refractivity contribution in [1.82, 2.24) is 0 Å². The molecule has 0 bridgehead atoms. The van der Waals surface area contributed by atoms with Crippen molar-refractivity contribution in [1.29, 1.82) is 0 Å². The summed E-state index contributed by atoms with van der Waals surface area (Å²) in [7, 11) is 0. The molecule has 1 aromatic carbocycles. The maximum absolute atomic E-state index is 12.5. The van der Waals surface area contributed by atoms with Gasteiger partial charge in [0.15, 0.2) is 17.5 Å². The lowest BCUT2D eigenvalue weighted by molar-refractivity contribution is -0.164. The number of esters is 2. The highest BCUT2D eigenvalue weighted by Gasteiger charge is 2.40. The Kier molecular flexibility index (Phi) is 9.81. The third kappa shape index (κ3) is 7.15. The van der Waals surface area contributed by atoms with Gasteiger partial charge < -0.3 is 9.47 Å². The van der Waals surface area contributed by atoms with E-state index in [0.29, 0.717) is 6.29 Å². The Bertz CT molecular complexity index is 671. The first-order valence-corrected chi connectivity index (χ1v) is 9.83. The maximum atomic E-state index is 12.5. The van der Waals surface area contributed by atoms with Crippen molar-refractivity contribution in [2.24, 2.45) is 5.41 Å². The Balaban J connectivity index is 2.63. The van der Waals surface area contributed by atoms with Gasteiger partial charge in [-0.15, -0.1) is 0 Å². The van der Waals surface area contributed by atoms with E-state index in [9.17, 15) is 14.4 Å². The Hall–Kier alpha value is -1.59. The highest BCUT2D eigenvalue weighted by atomic mass is 35.5. The van der Waals surface area contributed by atoms with Gasteiger partial charge in [0.2, 0.25) is 0 Å². The van der Waals surface area contributed by atoms with Crippen molar-refractivity contribution < 1.29 is 23.9 Å². The van der Waals surface area contributed by atoms with E-state index in [-0.39, 0.29) is 28.0 Å². The van der Waals surface area contributed by atoms with E-state index < -0.39 is 17.4 Å². The van der Waals surface area contributed by atoms with E-state index in [1.54, 1.807) is 0 Å². The summed E-state index contributed by atoms with van der Waals surface area (Å²) in [5.74, 6) is -1.67. The molecule has 0 aliphatic carbocycles. The molecule has 0 unspecified atom stereocenters. The van der Waals surface area contributed by atoms with Crippen LogP contribution >= 0.6 is 23.2 Å². The quantitative estimate of drug-likeness (QED) is 0.153. The average molecular weight is 417 g/mol. The van der Waals surface area contributed by atoms with Crippen molar-refractivity contribution in [3.05, 3.63) is 27.7 Å². The molecule has 0 atom stereocenters. The summed E-state index contributed by atoms with van der Waals surface area (Å²) in [5.41, 5.74) is -1.51. The lowest BCUT2D eigenvalue weighted by Gasteiger charge is -2.21. The van der Waals surface area contributed by atoms with Crippen molar-refractivity contribution in [2.45, 2.75) is 59.3 Å². The highest BCUT2D eigenvalue weighted by Crippen LogP contribution is 2.33. The number of carbonyl (C=O) groups is 3. The first kappa shape index (κ1) is 23.4. The average Bonchev–Trinajstić information content (AvgIpc) is 2.62. The molecule has 0 radical (unpaired) electrons. The zero-order valence-corrected chi connectivity index (χ0v) is 17.5. The first-order valence-electron chi connectivity index (χ1n) is 9.07.